The normalized spacial score (nSPS) is 12.2. The number of nitrogens with zero attached hydrogens (tertiary/aromatic N) is 5. The minimum atomic E-state index is -0.185. The van der Waals surface area contributed by atoms with Crippen LogP contribution >= 0.6 is 0 Å². The highest BCUT2D eigenvalue weighted by molar-refractivity contribution is 5.73. The maximum atomic E-state index is 12.6. The summed E-state index contributed by atoms with van der Waals surface area (Å²) < 4.78 is 13.9. The molecule has 1 N–H and O–H groups in total. The van der Waals surface area contributed by atoms with Gasteiger partial charge in [0.1, 0.15) is 5.52 Å². The summed E-state index contributed by atoms with van der Waals surface area (Å²) in [4.78, 5) is 21.5. The summed E-state index contributed by atoms with van der Waals surface area (Å²) in [6.45, 7) is 6.42. The Bertz CT molecular complexity index is 1220. The zero-order chi connectivity index (χ0) is 20.5. The summed E-state index contributed by atoms with van der Waals surface area (Å²) in [5, 5.41) is 12.0. The van der Waals surface area contributed by atoms with Crippen molar-refractivity contribution in [1.29, 1.82) is 5.26 Å². The Morgan fingerprint density at radius 2 is 2.14 bits per heavy atom. The van der Waals surface area contributed by atoms with E-state index in [9.17, 15) is 4.79 Å². The van der Waals surface area contributed by atoms with Gasteiger partial charge in [0, 0.05) is 25.3 Å². The zero-order valence-electron chi connectivity index (χ0n) is 16.2. The second-order valence-electron chi connectivity index (χ2n) is 6.88. The maximum absolute atomic E-state index is 12.6. The van der Waals surface area contributed by atoms with E-state index >= 15 is 0 Å². The first-order valence-electron chi connectivity index (χ1n) is 9.11. The average molecular weight is 392 g/mol. The van der Waals surface area contributed by atoms with E-state index in [0.29, 0.717) is 41.6 Å². The third-order valence-corrected chi connectivity index (χ3v) is 4.87. The van der Waals surface area contributed by atoms with E-state index in [4.69, 9.17) is 14.7 Å². The predicted octanol–water partition coefficient (Wildman–Crippen LogP) is 2.77. The van der Waals surface area contributed by atoms with Crippen LogP contribution in [0.5, 0.6) is 11.5 Å². The summed E-state index contributed by atoms with van der Waals surface area (Å²) in [7, 11) is 1.68. The summed E-state index contributed by atoms with van der Waals surface area (Å²) in [5.41, 5.74) is 3.50. The maximum Gasteiger partial charge on any atom is 0.330 e. The van der Waals surface area contributed by atoms with Gasteiger partial charge in [-0.1, -0.05) is 12.2 Å². The van der Waals surface area contributed by atoms with Crippen LogP contribution in [0.15, 0.2) is 35.3 Å². The lowest BCUT2D eigenvalue weighted by atomic mass is 10.1. The molecule has 3 aromatic rings. The number of nitriles is 1. The molecule has 29 heavy (non-hydrogen) atoms. The van der Waals surface area contributed by atoms with Crippen LogP contribution in [0.3, 0.4) is 0 Å². The number of imidazole rings is 1. The molecule has 1 aliphatic heterocycles. The summed E-state index contributed by atoms with van der Waals surface area (Å²) >= 11 is 0. The second-order valence-corrected chi connectivity index (χ2v) is 6.88. The molecule has 2 aromatic heterocycles. The molecule has 0 radical (unpaired) electrons. The number of hydrogen-bond acceptors (Lipinski definition) is 7. The fourth-order valence-corrected chi connectivity index (χ4v) is 3.21. The largest absolute Gasteiger partial charge is 0.454 e. The topological polar surface area (TPSA) is 107 Å². The molecule has 1 aromatic carbocycles. The van der Waals surface area contributed by atoms with Crippen molar-refractivity contribution in [2.75, 3.05) is 12.1 Å². The Morgan fingerprint density at radius 1 is 1.38 bits per heavy atom. The molecular formula is C20H20N6O3. The molecule has 0 atom stereocenters. The molecule has 1 aliphatic rings. The SMILES string of the molecule is C=C(CC#N)CCn1c(=O)n(C)c2cnc(Nc3cc4c(cc3C)OCO4)nc21. The molecule has 9 nitrogen and oxygen atoms in total. The molecule has 0 bridgehead atoms. The van der Waals surface area contributed by atoms with E-state index in [-0.39, 0.29) is 18.9 Å². The van der Waals surface area contributed by atoms with Gasteiger partial charge in [-0.2, -0.15) is 10.2 Å². The number of allylic oxidation sites excluding steroid dienone is 1. The van der Waals surface area contributed by atoms with Gasteiger partial charge >= 0.3 is 5.69 Å². The highest BCUT2D eigenvalue weighted by Gasteiger charge is 2.17. The van der Waals surface area contributed by atoms with Crippen molar-refractivity contribution < 1.29 is 9.47 Å². The number of fused-ring (bicyclic) bond motifs is 2. The first-order valence-corrected chi connectivity index (χ1v) is 9.11. The summed E-state index contributed by atoms with van der Waals surface area (Å²) in [6, 6.07) is 5.81. The molecule has 0 fully saturated rings. The Kier molecular flexibility index (Phi) is 4.68. The predicted molar refractivity (Wildman–Crippen MR) is 107 cm³/mol. The van der Waals surface area contributed by atoms with Gasteiger partial charge in [-0.05, 0) is 25.0 Å². The first-order chi connectivity index (χ1) is 14.0. The Labute approximate surface area is 166 Å². The molecule has 0 spiro atoms. The second kappa shape index (κ2) is 7.31. The third-order valence-electron chi connectivity index (χ3n) is 4.87. The van der Waals surface area contributed by atoms with E-state index in [1.165, 1.54) is 4.57 Å². The lowest BCUT2D eigenvalue weighted by Gasteiger charge is -2.10. The van der Waals surface area contributed by atoms with Gasteiger partial charge in [-0.15, -0.1) is 0 Å². The standard InChI is InChI=1S/C20H20N6O3/c1-12(4-6-21)5-7-26-18-15(25(3)20(26)27)10-22-19(24-18)23-14-9-17-16(8-13(14)2)28-11-29-17/h8-10H,1,4-5,7,11H2,2-3H3,(H,22,23,24). The fourth-order valence-electron chi connectivity index (χ4n) is 3.21. The fraction of sp³-hybridized carbons (Fsp3) is 0.300. The number of benzene rings is 1. The number of hydrogen-bond donors (Lipinski definition) is 1. The highest BCUT2D eigenvalue weighted by Crippen LogP contribution is 2.37. The molecule has 0 unspecified atom stereocenters. The summed E-state index contributed by atoms with van der Waals surface area (Å²) in [5.74, 6) is 1.74. The van der Waals surface area contributed by atoms with Gasteiger partial charge in [0.15, 0.2) is 17.1 Å². The lowest BCUT2D eigenvalue weighted by molar-refractivity contribution is 0.174. The molecule has 0 amide bonds. The first kappa shape index (κ1) is 18.6. The minimum absolute atomic E-state index is 0.185. The average Bonchev–Trinajstić information content (AvgIpc) is 3.23. The van der Waals surface area contributed by atoms with Crippen molar-refractivity contribution in [1.82, 2.24) is 19.1 Å². The van der Waals surface area contributed by atoms with Crippen molar-refractivity contribution >= 4 is 22.8 Å². The quantitative estimate of drug-likeness (QED) is 0.643. The van der Waals surface area contributed by atoms with Crippen LogP contribution in [0, 0.1) is 18.3 Å². The number of nitrogens with one attached hydrogen (secondary N) is 1. The molecule has 9 heteroatoms. The number of aromatic nitrogens is 4. The molecule has 148 valence electrons. The van der Waals surface area contributed by atoms with Gasteiger partial charge in [-0.25, -0.2) is 9.78 Å². The molecule has 4 rings (SSSR count). The van der Waals surface area contributed by atoms with Crippen LogP contribution in [0.4, 0.5) is 11.6 Å². The van der Waals surface area contributed by atoms with Crippen molar-refractivity contribution in [3.63, 3.8) is 0 Å². The smallest absolute Gasteiger partial charge is 0.330 e. The molecule has 0 aliphatic carbocycles. The number of aryl methyl sites for hydroxylation is 3. The molecular weight excluding hydrogens is 372 g/mol. The van der Waals surface area contributed by atoms with Gasteiger partial charge in [0.25, 0.3) is 0 Å². The van der Waals surface area contributed by atoms with Gasteiger partial charge in [0.05, 0.1) is 18.7 Å². The van der Waals surface area contributed by atoms with E-state index in [0.717, 1.165) is 16.8 Å². The van der Waals surface area contributed by atoms with Gasteiger partial charge in [-0.3, -0.25) is 9.13 Å². The number of anilines is 2. The van der Waals surface area contributed by atoms with E-state index in [2.05, 4.69) is 27.9 Å². The van der Waals surface area contributed by atoms with Crippen molar-refractivity contribution in [3.8, 4) is 17.6 Å². The van der Waals surface area contributed by atoms with Crippen molar-refractivity contribution in [3.05, 3.63) is 46.5 Å². The van der Waals surface area contributed by atoms with Gasteiger partial charge < -0.3 is 14.8 Å². The van der Waals surface area contributed by atoms with E-state index < -0.39 is 0 Å². The lowest BCUT2D eigenvalue weighted by Crippen LogP contribution is -2.22. The summed E-state index contributed by atoms with van der Waals surface area (Å²) in [6.07, 6.45) is 2.42. The van der Waals surface area contributed by atoms with Crippen LogP contribution in [0.25, 0.3) is 11.2 Å². The van der Waals surface area contributed by atoms with Crippen LogP contribution in [-0.4, -0.2) is 25.9 Å². The Balaban J connectivity index is 1.67. The number of ether oxygens (including phenoxy) is 2. The monoisotopic (exact) mass is 392 g/mol. The molecule has 0 saturated heterocycles. The van der Waals surface area contributed by atoms with Crippen molar-refractivity contribution in [2.24, 2.45) is 7.05 Å². The third kappa shape index (κ3) is 3.40. The zero-order valence-corrected chi connectivity index (χ0v) is 16.2. The minimum Gasteiger partial charge on any atom is -0.454 e. The van der Waals surface area contributed by atoms with Crippen LogP contribution in [-0.2, 0) is 13.6 Å². The Hall–Kier alpha value is -3.80. The van der Waals surface area contributed by atoms with Gasteiger partial charge in [0.2, 0.25) is 12.7 Å². The number of rotatable bonds is 6. The Morgan fingerprint density at radius 3 is 2.90 bits per heavy atom. The van der Waals surface area contributed by atoms with Crippen LogP contribution in [0.2, 0.25) is 0 Å². The van der Waals surface area contributed by atoms with Crippen molar-refractivity contribution in [2.45, 2.75) is 26.3 Å². The molecule has 3 heterocycles. The van der Waals surface area contributed by atoms with Crippen LogP contribution in [0.1, 0.15) is 18.4 Å². The van der Waals surface area contributed by atoms with E-state index in [1.54, 1.807) is 17.8 Å². The van der Waals surface area contributed by atoms with Crippen LogP contribution < -0.4 is 20.5 Å². The van der Waals surface area contributed by atoms with E-state index in [1.807, 2.05) is 19.1 Å². The molecule has 0 saturated carbocycles. The highest BCUT2D eigenvalue weighted by atomic mass is 16.7.